The van der Waals surface area contributed by atoms with Crippen molar-refractivity contribution < 1.29 is 5.11 Å². The zero-order valence-electron chi connectivity index (χ0n) is 9.84. The largest absolute Gasteiger partial charge is 0.393 e. The Morgan fingerprint density at radius 1 is 1.14 bits per heavy atom. The number of hydrogen-bond acceptors (Lipinski definition) is 1. The summed E-state index contributed by atoms with van der Waals surface area (Å²) in [5.41, 5.74) is 0. The van der Waals surface area contributed by atoms with Gasteiger partial charge in [-0.2, -0.15) is 0 Å². The van der Waals surface area contributed by atoms with Crippen molar-refractivity contribution >= 4 is 0 Å². The maximum atomic E-state index is 9.87. The lowest BCUT2D eigenvalue weighted by atomic mass is 9.89. The molecule has 0 aliphatic carbocycles. The average Bonchev–Trinajstić information content (AvgIpc) is 2.17. The van der Waals surface area contributed by atoms with Gasteiger partial charge in [-0.15, -0.1) is 6.58 Å². The molecule has 0 bridgehead atoms. The predicted molar refractivity (Wildman–Crippen MR) is 63.4 cm³/mol. The van der Waals surface area contributed by atoms with Crippen LogP contribution in [0.2, 0.25) is 0 Å². The first-order valence-electron chi connectivity index (χ1n) is 6.05. The van der Waals surface area contributed by atoms with E-state index in [0.717, 1.165) is 12.8 Å². The molecule has 84 valence electrons. The average molecular weight is 198 g/mol. The molecule has 0 aromatic carbocycles. The quantitative estimate of drug-likeness (QED) is 0.440. The van der Waals surface area contributed by atoms with Crippen molar-refractivity contribution in [3.63, 3.8) is 0 Å². The maximum absolute atomic E-state index is 9.87. The van der Waals surface area contributed by atoms with Gasteiger partial charge in [-0.05, 0) is 25.2 Å². The second-order valence-corrected chi connectivity index (χ2v) is 4.14. The summed E-state index contributed by atoms with van der Waals surface area (Å²) in [4.78, 5) is 0. The Morgan fingerprint density at radius 3 is 2.36 bits per heavy atom. The van der Waals surface area contributed by atoms with E-state index in [-0.39, 0.29) is 6.10 Å². The fourth-order valence-corrected chi connectivity index (χ4v) is 1.92. The van der Waals surface area contributed by atoms with Gasteiger partial charge in [0.15, 0.2) is 0 Å². The molecular weight excluding hydrogens is 172 g/mol. The molecule has 0 spiro atoms. The summed E-state index contributed by atoms with van der Waals surface area (Å²) in [5, 5.41) is 9.87. The van der Waals surface area contributed by atoms with E-state index >= 15 is 0 Å². The van der Waals surface area contributed by atoms with Gasteiger partial charge < -0.3 is 5.11 Å². The highest BCUT2D eigenvalue weighted by atomic mass is 16.3. The van der Waals surface area contributed by atoms with Crippen LogP contribution in [-0.4, -0.2) is 11.2 Å². The number of unbranched alkanes of at least 4 members (excludes halogenated alkanes) is 2. The van der Waals surface area contributed by atoms with Crippen LogP contribution in [0.4, 0.5) is 0 Å². The molecule has 0 amide bonds. The third kappa shape index (κ3) is 6.20. The second-order valence-electron chi connectivity index (χ2n) is 4.14. The van der Waals surface area contributed by atoms with Crippen LogP contribution < -0.4 is 0 Å². The normalized spacial score (nSPS) is 15.1. The summed E-state index contributed by atoms with van der Waals surface area (Å²) >= 11 is 0. The summed E-state index contributed by atoms with van der Waals surface area (Å²) in [5.74, 6) is 0.490. The highest BCUT2D eigenvalue weighted by Crippen LogP contribution is 2.21. The first kappa shape index (κ1) is 13.7. The Morgan fingerprint density at radius 2 is 1.86 bits per heavy atom. The van der Waals surface area contributed by atoms with Gasteiger partial charge in [0.1, 0.15) is 0 Å². The molecule has 1 nitrogen and oxygen atoms in total. The van der Waals surface area contributed by atoms with Crippen molar-refractivity contribution in [3.8, 4) is 0 Å². The molecule has 1 heteroatoms. The van der Waals surface area contributed by atoms with E-state index in [4.69, 9.17) is 0 Å². The van der Waals surface area contributed by atoms with Gasteiger partial charge in [0.05, 0.1) is 6.10 Å². The predicted octanol–water partition coefficient (Wildman–Crippen LogP) is 3.92. The molecule has 2 atom stereocenters. The number of aliphatic hydroxyl groups is 1. The van der Waals surface area contributed by atoms with Crippen molar-refractivity contribution in [1.82, 2.24) is 0 Å². The molecular formula is C13H26O. The molecule has 0 saturated heterocycles. The lowest BCUT2D eigenvalue weighted by Gasteiger charge is -2.21. The molecule has 0 saturated carbocycles. The third-order valence-electron chi connectivity index (χ3n) is 2.79. The highest BCUT2D eigenvalue weighted by Gasteiger charge is 2.16. The van der Waals surface area contributed by atoms with Gasteiger partial charge in [-0.3, -0.25) is 0 Å². The van der Waals surface area contributed by atoms with E-state index in [1.165, 1.54) is 32.1 Å². The highest BCUT2D eigenvalue weighted by molar-refractivity contribution is 4.77. The topological polar surface area (TPSA) is 20.2 Å². The summed E-state index contributed by atoms with van der Waals surface area (Å²) in [6.07, 6.45) is 9.72. The zero-order valence-corrected chi connectivity index (χ0v) is 9.84. The first-order valence-corrected chi connectivity index (χ1v) is 6.05. The lowest BCUT2D eigenvalue weighted by molar-refractivity contribution is 0.0977. The number of hydrogen-bond donors (Lipinski definition) is 1. The lowest BCUT2D eigenvalue weighted by Crippen LogP contribution is -2.19. The van der Waals surface area contributed by atoms with Crippen LogP contribution in [0.1, 0.15) is 58.8 Å². The van der Waals surface area contributed by atoms with Crippen molar-refractivity contribution in [2.75, 3.05) is 0 Å². The third-order valence-corrected chi connectivity index (χ3v) is 2.79. The molecule has 0 aliphatic rings. The van der Waals surface area contributed by atoms with E-state index in [1.54, 1.807) is 0 Å². The fourth-order valence-electron chi connectivity index (χ4n) is 1.92. The minimum absolute atomic E-state index is 0.163. The van der Waals surface area contributed by atoms with Crippen molar-refractivity contribution in [2.45, 2.75) is 64.9 Å². The molecule has 0 rings (SSSR count). The molecule has 0 aliphatic heterocycles. The van der Waals surface area contributed by atoms with Gasteiger partial charge in [-0.1, -0.05) is 45.6 Å². The maximum Gasteiger partial charge on any atom is 0.0602 e. The molecule has 0 aromatic rings. The van der Waals surface area contributed by atoms with Crippen LogP contribution in [0.5, 0.6) is 0 Å². The van der Waals surface area contributed by atoms with Gasteiger partial charge in [0.2, 0.25) is 0 Å². The van der Waals surface area contributed by atoms with Gasteiger partial charge >= 0.3 is 0 Å². The summed E-state index contributed by atoms with van der Waals surface area (Å²) in [6.45, 7) is 8.08. The van der Waals surface area contributed by atoms with E-state index in [1.807, 2.05) is 6.08 Å². The van der Waals surface area contributed by atoms with Gasteiger partial charge in [-0.25, -0.2) is 0 Å². The summed E-state index contributed by atoms with van der Waals surface area (Å²) in [6, 6.07) is 0. The Balaban J connectivity index is 3.80. The minimum Gasteiger partial charge on any atom is -0.393 e. The standard InChI is InChI=1S/C13H26O/c1-4-7-8-11-12(9-5-2)13(14)10-6-3/h6,12-14H,3-5,7-11H2,1-2H3. The van der Waals surface area contributed by atoms with E-state index in [2.05, 4.69) is 20.4 Å². The molecule has 0 fully saturated rings. The molecule has 14 heavy (non-hydrogen) atoms. The zero-order chi connectivity index (χ0) is 10.8. The van der Waals surface area contributed by atoms with E-state index in [9.17, 15) is 5.11 Å². The number of aliphatic hydroxyl groups excluding tert-OH is 1. The first-order chi connectivity index (χ1) is 6.76. The molecule has 1 N–H and O–H groups in total. The Bertz CT molecular complexity index is 131. The van der Waals surface area contributed by atoms with Crippen LogP contribution in [0.25, 0.3) is 0 Å². The molecule has 0 heterocycles. The van der Waals surface area contributed by atoms with Crippen LogP contribution in [0.3, 0.4) is 0 Å². The SMILES string of the molecule is C=CCC(O)C(CCC)CCCCC. The summed E-state index contributed by atoms with van der Waals surface area (Å²) < 4.78 is 0. The van der Waals surface area contributed by atoms with Crippen molar-refractivity contribution in [1.29, 1.82) is 0 Å². The van der Waals surface area contributed by atoms with E-state index in [0.29, 0.717) is 5.92 Å². The van der Waals surface area contributed by atoms with Crippen molar-refractivity contribution in [2.24, 2.45) is 5.92 Å². The molecule has 0 aromatic heterocycles. The monoisotopic (exact) mass is 198 g/mol. The van der Waals surface area contributed by atoms with Crippen molar-refractivity contribution in [3.05, 3.63) is 12.7 Å². The number of rotatable bonds is 9. The van der Waals surface area contributed by atoms with Crippen LogP contribution in [0, 0.1) is 5.92 Å². The Hall–Kier alpha value is -0.300. The van der Waals surface area contributed by atoms with Crippen LogP contribution in [0.15, 0.2) is 12.7 Å². The Kier molecular flexibility index (Phi) is 9.06. The fraction of sp³-hybridized carbons (Fsp3) is 0.846. The van der Waals surface area contributed by atoms with Gasteiger partial charge in [0.25, 0.3) is 0 Å². The minimum atomic E-state index is -0.163. The van der Waals surface area contributed by atoms with Crippen LogP contribution in [-0.2, 0) is 0 Å². The second kappa shape index (κ2) is 9.26. The Labute approximate surface area is 89.2 Å². The molecule has 2 unspecified atom stereocenters. The summed E-state index contributed by atoms with van der Waals surface area (Å²) in [7, 11) is 0. The molecule has 0 radical (unpaired) electrons. The van der Waals surface area contributed by atoms with Gasteiger partial charge in [0, 0.05) is 0 Å². The smallest absolute Gasteiger partial charge is 0.0602 e. The van der Waals surface area contributed by atoms with E-state index < -0.39 is 0 Å². The van der Waals surface area contributed by atoms with Crippen LogP contribution >= 0.6 is 0 Å².